The Morgan fingerprint density at radius 2 is 1.66 bits per heavy atom. The summed E-state index contributed by atoms with van der Waals surface area (Å²) in [5, 5.41) is 29.1. The van der Waals surface area contributed by atoms with Crippen molar-refractivity contribution in [1.82, 2.24) is 15.0 Å². The number of phenols is 3. The molecule has 0 aliphatic carbocycles. The molecule has 0 fully saturated rings. The van der Waals surface area contributed by atoms with Gasteiger partial charge in [-0.05, 0) is 18.8 Å². The summed E-state index contributed by atoms with van der Waals surface area (Å²) in [4.78, 5) is 12.5. The van der Waals surface area contributed by atoms with Crippen LogP contribution in [-0.4, -0.2) is 30.3 Å². The molecule has 8 heteroatoms. The van der Waals surface area contributed by atoms with E-state index in [4.69, 9.17) is 10.5 Å². The molecule has 0 aliphatic heterocycles. The maximum absolute atomic E-state index is 9.87. The molecule has 0 aliphatic rings. The predicted octanol–water partition coefficient (Wildman–Crippen LogP) is 3.19. The minimum absolute atomic E-state index is 0.0174. The van der Waals surface area contributed by atoms with Gasteiger partial charge < -0.3 is 25.8 Å². The third kappa shape index (κ3) is 4.47. The number of aromatic nitrogens is 3. The van der Waals surface area contributed by atoms with E-state index in [1.54, 1.807) is 19.2 Å². The van der Waals surface area contributed by atoms with Gasteiger partial charge in [-0.25, -0.2) is 15.0 Å². The fraction of sp³-hybridized carbons (Fsp3) is 0.190. The number of rotatable bonds is 3. The van der Waals surface area contributed by atoms with Crippen LogP contribution in [0.15, 0.2) is 30.6 Å². The van der Waals surface area contributed by atoms with Crippen molar-refractivity contribution in [3.8, 4) is 40.6 Å². The van der Waals surface area contributed by atoms with Crippen LogP contribution in [0.5, 0.6) is 28.7 Å². The van der Waals surface area contributed by atoms with Crippen LogP contribution in [0.1, 0.15) is 42.4 Å². The topological polar surface area (TPSA) is 135 Å². The zero-order valence-electron chi connectivity index (χ0n) is 16.1. The van der Waals surface area contributed by atoms with E-state index >= 15 is 0 Å². The quantitative estimate of drug-likeness (QED) is 0.499. The van der Waals surface area contributed by atoms with Crippen molar-refractivity contribution in [2.45, 2.75) is 26.7 Å². The van der Waals surface area contributed by atoms with E-state index in [-0.39, 0.29) is 34.5 Å². The van der Waals surface area contributed by atoms with Crippen molar-refractivity contribution in [3.05, 3.63) is 53.2 Å². The first-order valence-corrected chi connectivity index (χ1v) is 8.78. The number of nitrogen functional groups attached to an aromatic ring is 1. The smallest absolute Gasteiger partial charge is 0.187 e. The molecular formula is C21H20N4O4. The third-order valence-corrected chi connectivity index (χ3v) is 4.04. The molecule has 0 saturated heterocycles. The molecule has 2 aromatic heterocycles. The molecule has 3 aromatic rings. The molecular weight excluding hydrogens is 372 g/mol. The zero-order valence-corrected chi connectivity index (χ0v) is 16.1. The van der Waals surface area contributed by atoms with Crippen molar-refractivity contribution in [3.63, 3.8) is 0 Å². The Kier molecular flexibility index (Phi) is 5.41. The first-order valence-electron chi connectivity index (χ1n) is 8.78. The lowest BCUT2D eigenvalue weighted by Gasteiger charge is -2.14. The van der Waals surface area contributed by atoms with Crippen molar-refractivity contribution in [2.24, 2.45) is 0 Å². The molecule has 1 aromatic carbocycles. The molecule has 3 rings (SSSR count). The number of pyridine rings is 1. The highest BCUT2D eigenvalue weighted by atomic mass is 16.5. The standard InChI is InChI=1S/C21H20N4O4/c1-11(2)16-9-24-13(4-5-15-17(27)7-14(26)8-18(15)28)6-19(16)29-20-10-23-12(3)25-21(20)22/h6-11,26-28H,1-3H3,(H2,22,23,25). The van der Waals surface area contributed by atoms with Gasteiger partial charge in [0.25, 0.3) is 0 Å². The third-order valence-electron chi connectivity index (χ3n) is 4.04. The van der Waals surface area contributed by atoms with E-state index in [9.17, 15) is 15.3 Å². The van der Waals surface area contributed by atoms with Crippen LogP contribution in [0.25, 0.3) is 0 Å². The second-order valence-corrected chi connectivity index (χ2v) is 6.64. The number of aromatic hydroxyl groups is 3. The van der Waals surface area contributed by atoms with Crippen LogP contribution in [0, 0.1) is 18.8 Å². The number of ether oxygens (including phenoxy) is 1. The molecule has 8 nitrogen and oxygen atoms in total. The van der Waals surface area contributed by atoms with Gasteiger partial charge in [0.1, 0.15) is 40.1 Å². The van der Waals surface area contributed by atoms with Crippen molar-refractivity contribution in [2.75, 3.05) is 5.73 Å². The van der Waals surface area contributed by atoms with Gasteiger partial charge >= 0.3 is 0 Å². The number of anilines is 1. The number of hydrogen-bond acceptors (Lipinski definition) is 8. The van der Waals surface area contributed by atoms with Crippen LogP contribution >= 0.6 is 0 Å². The van der Waals surface area contributed by atoms with E-state index in [1.807, 2.05) is 13.8 Å². The van der Waals surface area contributed by atoms with E-state index < -0.39 is 0 Å². The molecule has 0 amide bonds. The normalized spacial score (nSPS) is 10.5. The predicted molar refractivity (Wildman–Crippen MR) is 107 cm³/mol. The van der Waals surface area contributed by atoms with Gasteiger partial charge in [-0.3, -0.25) is 0 Å². The average Bonchev–Trinajstić information content (AvgIpc) is 2.63. The average molecular weight is 392 g/mol. The fourth-order valence-electron chi connectivity index (χ4n) is 2.56. The summed E-state index contributed by atoms with van der Waals surface area (Å²) in [6.45, 7) is 5.72. The Labute approximate surface area is 167 Å². The zero-order chi connectivity index (χ0) is 21.1. The molecule has 0 atom stereocenters. The molecule has 0 spiro atoms. The molecule has 29 heavy (non-hydrogen) atoms. The monoisotopic (exact) mass is 392 g/mol. The first kappa shape index (κ1) is 19.8. The number of phenolic OH excluding ortho intramolecular Hbond substituents is 3. The van der Waals surface area contributed by atoms with Gasteiger partial charge in [0.15, 0.2) is 11.6 Å². The number of nitrogens with zero attached hydrogens (tertiary/aromatic N) is 3. The Hall–Kier alpha value is -3.99. The van der Waals surface area contributed by atoms with E-state index in [0.29, 0.717) is 23.0 Å². The first-order chi connectivity index (χ1) is 13.7. The minimum Gasteiger partial charge on any atom is -0.508 e. The molecule has 0 unspecified atom stereocenters. The SMILES string of the molecule is Cc1ncc(Oc2cc(C#Cc3c(O)cc(O)cc3O)ncc2C(C)C)c(N)n1. The molecule has 148 valence electrons. The molecule has 0 radical (unpaired) electrons. The summed E-state index contributed by atoms with van der Waals surface area (Å²) in [7, 11) is 0. The van der Waals surface area contributed by atoms with Crippen LogP contribution in [0.4, 0.5) is 5.82 Å². The van der Waals surface area contributed by atoms with Crippen LogP contribution < -0.4 is 10.5 Å². The highest BCUT2D eigenvalue weighted by Crippen LogP contribution is 2.33. The maximum Gasteiger partial charge on any atom is 0.187 e. The maximum atomic E-state index is 9.87. The number of benzene rings is 1. The molecule has 0 saturated carbocycles. The lowest BCUT2D eigenvalue weighted by molar-refractivity contribution is 0.426. The van der Waals surface area contributed by atoms with Gasteiger partial charge in [-0.15, -0.1) is 0 Å². The van der Waals surface area contributed by atoms with Crippen LogP contribution in [0.3, 0.4) is 0 Å². The number of nitrogens with two attached hydrogens (primary N) is 1. The Morgan fingerprint density at radius 3 is 2.28 bits per heavy atom. The summed E-state index contributed by atoms with van der Waals surface area (Å²) in [6, 6.07) is 3.82. The van der Waals surface area contributed by atoms with Crippen LogP contribution in [-0.2, 0) is 0 Å². The van der Waals surface area contributed by atoms with Gasteiger partial charge in [-0.2, -0.15) is 0 Å². The lowest BCUT2D eigenvalue weighted by Crippen LogP contribution is -2.02. The fourth-order valence-corrected chi connectivity index (χ4v) is 2.56. The van der Waals surface area contributed by atoms with Gasteiger partial charge in [0, 0.05) is 30.0 Å². The molecule has 5 N–H and O–H groups in total. The van der Waals surface area contributed by atoms with Gasteiger partial charge in [-0.1, -0.05) is 19.8 Å². The Balaban J connectivity index is 2.00. The van der Waals surface area contributed by atoms with Gasteiger partial charge in [0.2, 0.25) is 0 Å². The number of hydrogen-bond donors (Lipinski definition) is 4. The summed E-state index contributed by atoms with van der Waals surface area (Å²) in [5.41, 5.74) is 7.09. The van der Waals surface area contributed by atoms with E-state index in [2.05, 4.69) is 26.8 Å². The van der Waals surface area contributed by atoms with E-state index in [0.717, 1.165) is 17.7 Å². The largest absolute Gasteiger partial charge is 0.508 e. The van der Waals surface area contributed by atoms with E-state index in [1.165, 1.54) is 6.20 Å². The van der Waals surface area contributed by atoms with Crippen molar-refractivity contribution < 1.29 is 20.1 Å². The molecule has 0 bridgehead atoms. The highest BCUT2D eigenvalue weighted by Gasteiger charge is 2.13. The summed E-state index contributed by atoms with van der Waals surface area (Å²) in [6.07, 6.45) is 3.14. The highest BCUT2D eigenvalue weighted by molar-refractivity contribution is 5.59. The second kappa shape index (κ2) is 7.94. The van der Waals surface area contributed by atoms with Crippen molar-refractivity contribution >= 4 is 5.82 Å². The van der Waals surface area contributed by atoms with Gasteiger partial charge in [0.05, 0.1) is 6.20 Å². The Morgan fingerprint density at radius 1 is 0.966 bits per heavy atom. The summed E-state index contributed by atoms with van der Waals surface area (Å²) >= 11 is 0. The van der Waals surface area contributed by atoms with Crippen LogP contribution in [0.2, 0.25) is 0 Å². The number of aryl methyl sites for hydroxylation is 1. The summed E-state index contributed by atoms with van der Waals surface area (Å²) in [5.74, 6) is 6.18. The lowest BCUT2D eigenvalue weighted by atomic mass is 10.0. The molecule has 2 heterocycles. The second-order valence-electron chi connectivity index (χ2n) is 6.64. The summed E-state index contributed by atoms with van der Waals surface area (Å²) < 4.78 is 5.92. The minimum atomic E-state index is -0.338. The Bertz CT molecular complexity index is 1110. The van der Waals surface area contributed by atoms with Crippen molar-refractivity contribution in [1.29, 1.82) is 0 Å².